The lowest BCUT2D eigenvalue weighted by Gasteiger charge is -2.26. The van der Waals surface area contributed by atoms with Crippen molar-refractivity contribution in [2.75, 3.05) is 39.9 Å². The van der Waals surface area contributed by atoms with Gasteiger partial charge in [-0.25, -0.2) is 14.4 Å². The summed E-state index contributed by atoms with van der Waals surface area (Å²) < 4.78 is 28.7. The van der Waals surface area contributed by atoms with Gasteiger partial charge in [0.2, 0.25) is 0 Å². The van der Waals surface area contributed by atoms with Gasteiger partial charge in [-0.2, -0.15) is 0 Å². The van der Waals surface area contributed by atoms with Crippen LogP contribution in [0.2, 0.25) is 0 Å². The third-order valence-electron chi connectivity index (χ3n) is 8.29. The van der Waals surface area contributed by atoms with E-state index in [9.17, 15) is 18.8 Å². The Morgan fingerprint density at radius 1 is 0.913 bits per heavy atom. The Morgan fingerprint density at radius 3 is 2.37 bits per heavy atom. The van der Waals surface area contributed by atoms with Crippen molar-refractivity contribution in [1.29, 1.82) is 0 Å². The van der Waals surface area contributed by atoms with E-state index in [1.807, 2.05) is 42.0 Å². The number of amides is 2. The second-order valence-corrected chi connectivity index (χ2v) is 11.4. The third-order valence-corrected chi connectivity index (χ3v) is 8.29. The number of aromatic nitrogens is 4. The number of pyridine rings is 2. The van der Waals surface area contributed by atoms with E-state index in [1.54, 1.807) is 37.1 Å². The minimum atomic E-state index is -0.519. The van der Waals surface area contributed by atoms with Gasteiger partial charge in [-0.1, -0.05) is 0 Å². The van der Waals surface area contributed by atoms with E-state index in [4.69, 9.17) is 9.47 Å². The summed E-state index contributed by atoms with van der Waals surface area (Å²) in [7, 11) is 3.23. The molecule has 1 aromatic carbocycles. The van der Waals surface area contributed by atoms with Gasteiger partial charge >= 0.3 is 0 Å². The molecule has 4 heterocycles. The van der Waals surface area contributed by atoms with Crippen LogP contribution < -0.4 is 15.0 Å². The minimum Gasteiger partial charge on any atom is -0.493 e. The monoisotopic (exact) mass is 630 g/mol. The lowest BCUT2D eigenvalue weighted by Crippen LogP contribution is -2.39. The summed E-state index contributed by atoms with van der Waals surface area (Å²) in [5.74, 6) is 0.649. The molecule has 0 saturated carbocycles. The fourth-order valence-electron chi connectivity index (χ4n) is 5.64. The molecule has 0 unspecified atom stereocenters. The molecular weight excluding hydrogens is 591 g/mol. The molecule has 12 heteroatoms. The van der Waals surface area contributed by atoms with Gasteiger partial charge in [0.25, 0.3) is 17.4 Å². The Bertz CT molecular complexity index is 1770. The van der Waals surface area contributed by atoms with Crippen LogP contribution in [0.1, 0.15) is 51.4 Å². The minimum absolute atomic E-state index is 0.151. The van der Waals surface area contributed by atoms with Crippen molar-refractivity contribution >= 4 is 11.8 Å². The number of halogens is 1. The fraction of sp³-hybridized carbons (Fsp3) is 0.382. The van der Waals surface area contributed by atoms with Crippen molar-refractivity contribution in [3.8, 4) is 22.9 Å². The van der Waals surface area contributed by atoms with Gasteiger partial charge in [-0.15, -0.1) is 0 Å². The molecule has 242 valence electrons. The van der Waals surface area contributed by atoms with E-state index >= 15 is 0 Å². The highest BCUT2D eigenvalue weighted by Gasteiger charge is 2.24. The maximum atomic E-state index is 13.9. The predicted molar refractivity (Wildman–Crippen MR) is 171 cm³/mol. The van der Waals surface area contributed by atoms with Crippen molar-refractivity contribution in [3.05, 3.63) is 93.7 Å². The van der Waals surface area contributed by atoms with Gasteiger partial charge in [0, 0.05) is 63.4 Å². The molecule has 0 N–H and O–H groups in total. The summed E-state index contributed by atoms with van der Waals surface area (Å²) in [5.41, 5.74) is 2.19. The first-order valence-corrected chi connectivity index (χ1v) is 15.4. The maximum Gasteiger partial charge on any atom is 0.272 e. The van der Waals surface area contributed by atoms with Crippen molar-refractivity contribution in [2.24, 2.45) is 7.05 Å². The van der Waals surface area contributed by atoms with E-state index in [-0.39, 0.29) is 28.6 Å². The quantitative estimate of drug-likeness (QED) is 0.333. The average Bonchev–Trinajstić information content (AvgIpc) is 3.52. The van der Waals surface area contributed by atoms with Crippen molar-refractivity contribution < 1.29 is 23.5 Å². The zero-order chi connectivity index (χ0) is 32.8. The first-order chi connectivity index (χ1) is 22.2. The largest absolute Gasteiger partial charge is 0.493 e. The second-order valence-electron chi connectivity index (χ2n) is 11.4. The van der Waals surface area contributed by atoms with Crippen molar-refractivity contribution in [3.63, 3.8) is 0 Å². The number of benzene rings is 1. The number of hydrogen-bond acceptors (Lipinski definition) is 7. The molecule has 1 aliphatic rings. The number of aryl methyl sites for hydroxylation is 2. The fourth-order valence-corrected chi connectivity index (χ4v) is 5.64. The number of hydrogen-bond donors (Lipinski definition) is 0. The van der Waals surface area contributed by atoms with Crippen LogP contribution >= 0.6 is 0 Å². The maximum absolute atomic E-state index is 13.9. The molecule has 2 amide bonds. The lowest BCUT2D eigenvalue weighted by molar-refractivity contribution is 0.0709. The number of carbonyl (C=O) groups is 2. The summed E-state index contributed by atoms with van der Waals surface area (Å²) in [6, 6.07) is 10.0. The van der Waals surface area contributed by atoms with Crippen LogP contribution in [0.5, 0.6) is 11.5 Å². The molecule has 5 rings (SSSR count). The normalized spacial score (nSPS) is 14.6. The third kappa shape index (κ3) is 7.11. The molecule has 0 saturated heterocycles. The predicted octanol–water partition coefficient (Wildman–Crippen LogP) is 4.26. The molecule has 0 fully saturated rings. The molecule has 11 nitrogen and oxygen atoms in total. The number of rotatable bonds is 3. The summed E-state index contributed by atoms with van der Waals surface area (Å²) in [4.78, 5) is 52.5. The Hall–Kier alpha value is -5.00. The highest BCUT2D eigenvalue weighted by Crippen LogP contribution is 2.32. The number of fused-ring (bicyclic) bond motifs is 4. The van der Waals surface area contributed by atoms with E-state index in [0.29, 0.717) is 81.5 Å². The van der Waals surface area contributed by atoms with Crippen LogP contribution in [0.15, 0.2) is 59.8 Å². The second kappa shape index (κ2) is 14.4. The number of imidazole rings is 1. The molecule has 46 heavy (non-hydrogen) atoms. The highest BCUT2D eigenvalue weighted by atomic mass is 19.1. The van der Waals surface area contributed by atoms with Gasteiger partial charge in [0.1, 0.15) is 22.9 Å². The number of ether oxygens (including phenoxy) is 2. The summed E-state index contributed by atoms with van der Waals surface area (Å²) in [6.07, 6.45) is 6.29. The SMILES string of the molecule is COc1ccc2cc1OCCCN(C(=O)c1c(C)cc(C)n(C)c1=O)CCCCN(C(=O)c1ccc(F)cn1)CCn1ccnc1-2. The molecular formula is C34H39FN6O5. The Labute approximate surface area is 267 Å². The lowest BCUT2D eigenvalue weighted by atomic mass is 10.1. The van der Waals surface area contributed by atoms with Crippen LogP contribution in [0.4, 0.5) is 4.39 Å². The number of nitrogens with zero attached hydrogens (tertiary/aromatic N) is 6. The molecule has 4 aromatic rings. The van der Waals surface area contributed by atoms with Gasteiger partial charge < -0.3 is 28.4 Å². The molecule has 0 spiro atoms. The Morgan fingerprint density at radius 2 is 1.65 bits per heavy atom. The molecule has 2 bridgehead atoms. The summed E-state index contributed by atoms with van der Waals surface area (Å²) in [5, 5.41) is 0. The molecule has 0 atom stereocenters. The van der Waals surface area contributed by atoms with Gasteiger partial charge in [-0.05, 0) is 75.1 Å². The van der Waals surface area contributed by atoms with Crippen LogP contribution in [0.3, 0.4) is 0 Å². The zero-order valence-electron chi connectivity index (χ0n) is 26.7. The van der Waals surface area contributed by atoms with E-state index < -0.39 is 5.82 Å². The van der Waals surface area contributed by atoms with Gasteiger partial charge in [-0.3, -0.25) is 14.4 Å². The van der Waals surface area contributed by atoms with Crippen LogP contribution in [-0.4, -0.2) is 80.6 Å². The van der Waals surface area contributed by atoms with Crippen molar-refractivity contribution in [2.45, 2.75) is 39.7 Å². The van der Waals surface area contributed by atoms with E-state index in [2.05, 4.69) is 9.97 Å². The molecule has 1 aliphatic heterocycles. The smallest absolute Gasteiger partial charge is 0.272 e. The van der Waals surface area contributed by atoms with Gasteiger partial charge in [0.15, 0.2) is 11.5 Å². The van der Waals surface area contributed by atoms with E-state index in [0.717, 1.165) is 17.5 Å². The molecule has 0 radical (unpaired) electrons. The Balaban J connectivity index is 1.45. The topological polar surface area (TPSA) is 112 Å². The first-order valence-electron chi connectivity index (χ1n) is 15.4. The molecule has 3 aromatic heterocycles. The van der Waals surface area contributed by atoms with Crippen LogP contribution in [0.25, 0.3) is 11.4 Å². The summed E-state index contributed by atoms with van der Waals surface area (Å²) >= 11 is 0. The van der Waals surface area contributed by atoms with Crippen LogP contribution in [0, 0.1) is 19.7 Å². The van der Waals surface area contributed by atoms with Gasteiger partial charge in [0.05, 0.1) is 19.9 Å². The zero-order valence-corrected chi connectivity index (χ0v) is 26.7. The highest BCUT2D eigenvalue weighted by molar-refractivity contribution is 5.95. The Kier molecular flexibility index (Phi) is 10.1. The average molecular weight is 631 g/mol. The van der Waals surface area contributed by atoms with Crippen LogP contribution in [-0.2, 0) is 13.6 Å². The standard InChI is InChI=1S/C34H39FN6O5/c1-23-20-24(2)38(3)33(43)30(23)34(44)40-13-5-6-14-41(32(42)27-10-9-26(35)22-37-27)18-17-39-16-12-36-31(39)25-8-11-28(45-4)29(21-25)46-19-7-15-40/h8-12,16,20-22H,5-7,13-15,17-19H2,1-4H3. The summed E-state index contributed by atoms with van der Waals surface area (Å²) in [6.45, 7) is 5.87. The van der Waals surface area contributed by atoms with Crippen molar-refractivity contribution in [1.82, 2.24) is 28.9 Å². The number of methoxy groups -OCH3 is 1. The molecule has 0 aliphatic carbocycles. The first kappa shape index (κ1) is 32.4. The van der Waals surface area contributed by atoms with E-state index in [1.165, 1.54) is 16.7 Å². The number of carbonyl (C=O) groups excluding carboxylic acids is 2.